The van der Waals surface area contributed by atoms with Crippen molar-refractivity contribution in [2.45, 2.75) is 44.9 Å². The van der Waals surface area contributed by atoms with Crippen LogP contribution in [-0.4, -0.2) is 11.7 Å². The fraction of sp³-hybridized carbons (Fsp3) is 0.333. The number of amides is 1. The molecule has 1 aliphatic rings. The van der Waals surface area contributed by atoms with Gasteiger partial charge >= 0.3 is 5.63 Å². The predicted molar refractivity (Wildman–Crippen MR) is 118 cm³/mol. The largest absolute Gasteiger partial charge is 0.423 e. The van der Waals surface area contributed by atoms with E-state index in [1.807, 2.05) is 26.0 Å². The van der Waals surface area contributed by atoms with E-state index in [2.05, 4.69) is 29.6 Å². The zero-order valence-electron chi connectivity index (χ0n) is 16.8. The second kappa shape index (κ2) is 8.46. The molecular formula is C24H25NO3S. The van der Waals surface area contributed by atoms with Crippen LogP contribution in [0.25, 0.3) is 11.0 Å². The predicted octanol–water partition coefficient (Wildman–Crippen LogP) is 4.84. The molecule has 0 aliphatic heterocycles. The SMILES string of the molecule is Cc1cc2oc(=O)cc(CSCC(=O)N[C@H]3CCCc4ccccc43)c2cc1C. The Labute approximate surface area is 174 Å². The summed E-state index contributed by atoms with van der Waals surface area (Å²) < 4.78 is 5.36. The Morgan fingerprint density at radius 2 is 1.97 bits per heavy atom. The van der Waals surface area contributed by atoms with Crippen LogP contribution < -0.4 is 10.9 Å². The third kappa shape index (κ3) is 4.40. The molecule has 0 bridgehead atoms. The van der Waals surface area contributed by atoms with Crippen LogP contribution >= 0.6 is 11.8 Å². The summed E-state index contributed by atoms with van der Waals surface area (Å²) in [5.41, 5.74) is 6.02. The molecule has 1 N–H and O–H groups in total. The van der Waals surface area contributed by atoms with E-state index in [4.69, 9.17) is 4.42 Å². The number of carbonyl (C=O) groups excluding carboxylic acids is 1. The average molecular weight is 408 g/mol. The van der Waals surface area contributed by atoms with Crippen molar-refractivity contribution in [3.63, 3.8) is 0 Å². The number of hydrogen-bond donors (Lipinski definition) is 1. The van der Waals surface area contributed by atoms with Crippen molar-refractivity contribution in [1.82, 2.24) is 5.32 Å². The first kappa shape index (κ1) is 19.8. The van der Waals surface area contributed by atoms with E-state index in [0.717, 1.165) is 41.3 Å². The fourth-order valence-electron chi connectivity index (χ4n) is 4.00. The molecule has 1 atom stereocenters. The maximum atomic E-state index is 12.5. The van der Waals surface area contributed by atoms with Gasteiger partial charge in [-0.15, -0.1) is 11.8 Å². The Kier molecular flexibility index (Phi) is 5.76. The van der Waals surface area contributed by atoms with Crippen LogP contribution in [-0.2, 0) is 17.0 Å². The molecule has 4 rings (SSSR count). The van der Waals surface area contributed by atoms with Crippen LogP contribution in [0.4, 0.5) is 0 Å². The monoisotopic (exact) mass is 407 g/mol. The van der Waals surface area contributed by atoms with Gasteiger partial charge in [0, 0.05) is 17.2 Å². The summed E-state index contributed by atoms with van der Waals surface area (Å²) in [5, 5.41) is 4.13. The first-order valence-corrected chi connectivity index (χ1v) is 11.2. The molecule has 5 heteroatoms. The van der Waals surface area contributed by atoms with Crippen molar-refractivity contribution in [3.8, 4) is 0 Å². The van der Waals surface area contributed by atoms with Crippen LogP contribution in [0, 0.1) is 13.8 Å². The number of thioether (sulfide) groups is 1. The van der Waals surface area contributed by atoms with E-state index in [1.54, 1.807) is 6.07 Å². The smallest absolute Gasteiger partial charge is 0.336 e. The number of nitrogens with one attached hydrogen (secondary N) is 1. The second-order valence-corrected chi connectivity index (χ2v) is 8.71. The number of carbonyl (C=O) groups is 1. The molecule has 0 saturated heterocycles. The Bertz CT molecular complexity index is 1120. The number of fused-ring (bicyclic) bond motifs is 2. The topological polar surface area (TPSA) is 59.3 Å². The Balaban J connectivity index is 1.41. The van der Waals surface area contributed by atoms with Gasteiger partial charge in [0.25, 0.3) is 0 Å². The summed E-state index contributed by atoms with van der Waals surface area (Å²) in [7, 11) is 0. The molecule has 2 aromatic carbocycles. The first-order valence-electron chi connectivity index (χ1n) is 10.00. The summed E-state index contributed by atoms with van der Waals surface area (Å²) in [6.45, 7) is 4.05. The summed E-state index contributed by atoms with van der Waals surface area (Å²) in [5.74, 6) is 1.00. The van der Waals surface area contributed by atoms with Gasteiger partial charge < -0.3 is 9.73 Å². The van der Waals surface area contributed by atoms with Gasteiger partial charge in [-0.25, -0.2) is 4.79 Å². The van der Waals surface area contributed by atoms with E-state index >= 15 is 0 Å². The third-order valence-electron chi connectivity index (χ3n) is 5.64. The lowest BCUT2D eigenvalue weighted by Crippen LogP contribution is -2.32. The normalized spacial score (nSPS) is 15.9. The van der Waals surface area contributed by atoms with Gasteiger partial charge in [0.15, 0.2) is 0 Å². The molecule has 150 valence electrons. The lowest BCUT2D eigenvalue weighted by Gasteiger charge is -2.26. The lowest BCUT2D eigenvalue weighted by molar-refractivity contribution is -0.119. The summed E-state index contributed by atoms with van der Waals surface area (Å²) in [6.07, 6.45) is 3.16. The van der Waals surface area contributed by atoms with Crippen molar-refractivity contribution in [3.05, 3.63) is 80.7 Å². The molecule has 1 heterocycles. The molecule has 1 aromatic heterocycles. The van der Waals surface area contributed by atoms with Gasteiger partial charge in [-0.05, 0) is 73.1 Å². The molecule has 1 aliphatic carbocycles. The van der Waals surface area contributed by atoms with E-state index in [0.29, 0.717) is 17.1 Å². The molecule has 1 amide bonds. The van der Waals surface area contributed by atoms with Gasteiger partial charge in [0.2, 0.25) is 5.91 Å². The zero-order valence-corrected chi connectivity index (χ0v) is 17.6. The molecular weight excluding hydrogens is 382 g/mol. The Morgan fingerprint density at radius 1 is 1.17 bits per heavy atom. The molecule has 3 aromatic rings. The maximum absolute atomic E-state index is 12.5. The highest BCUT2D eigenvalue weighted by atomic mass is 32.2. The van der Waals surface area contributed by atoms with Crippen molar-refractivity contribution >= 4 is 28.6 Å². The number of rotatable bonds is 5. The molecule has 0 radical (unpaired) electrons. The van der Waals surface area contributed by atoms with E-state index in [1.165, 1.54) is 22.9 Å². The van der Waals surface area contributed by atoms with E-state index < -0.39 is 0 Å². The fourth-order valence-corrected chi connectivity index (χ4v) is 4.83. The molecule has 0 spiro atoms. The number of benzene rings is 2. The molecule has 29 heavy (non-hydrogen) atoms. The number of aryl methyl sites for hydroxylation is 3. The van der Waals surface area contributed by atoms with Crippen molar-refractivity contribution < 1.29 is 9.21 Å². The summed E-state index contributed by atoms with van der Waals surface area (Å²) in [4.78, 5) is 24.5. The van der Waals surface area contributed by atoms with Crippen LogP contribution in [0.15, 0.2) is 51.7 Å². The molecule has 0 saturated carbocycles. The maximum Gasteiger partial charge on any atom is 0.336 e. The summed E-state index contributed by atoms with van der Waals surface area (Å²) >= 11 is 1.53. The van der Waals surface area contributed by atoms with Gasteiger partial charge in [0.1, 0.15) is 5.58 Å². The lowest BCUT2D eigenvalue weighted by atomic mass is 9.88. The van der Waals surface area contributed by atoms with Crippen LogP contribution in [0.2, 0.25) is 0 Å². The van der Waals surface area contributed by atoms with Gasteiger partial charge in [-0.3, -0.25) is 4.79 Å². The highest BCUT2D eigenvalue weighted by Gasteiger charge is 2.21. The van der Waals surface area contributed by atoms with Crippen molar-refractivity contribution in [2.75, 3.05) is 5.75 Å². The minimum absolute atomic E-state index is 0.0380. The van der Waals surface area contributed by atoms with E-state index in [-0.39, 0.29) is 17.6 Å². The highest BCUT2D eigenvalue weighted by molar-refractivity contribution is 7.99. The summed E-state index contributed by atoms with van der Waals surface area (Å²) in [6, 6.07) is 14.0. The Morgan fingerprint density at radius 3 is 2.83 bits per heavy atom. The van der Waals surface area contributed by atoms with Gasteiger partial charge in [0.05, 0.1) is 11.8 Å². The molecule has 0 unspecified atom stereocenters. The zero-order chi connectivity index (χ0) is 20.4. The van der Waals surface area contributed by atoms with Crippen molar-refractivity contribution in [1.29, 1.82) is 0 Å². The quantitative estimate of drug-likeness (QED) is 0.615. The minimum atomic E-state index is -0.348. The van der Waals surface area contributed by atoms with Crippen LogP contribution in [0.5, 0.6) is 0 Å². The standard InChI is InChI=1S/C24H25NO3S/c1-15-10-20-18(12-24(27)28-22(20)11-16(15)2)13-29-14-23(26)25-21-9-5-7-17-6-3-4-8-19(17)21/h3-4,6,8,10-12,21H,5,7,9,13-14H2,1-2H3,(H,25,26)/t21-/m0/s1. The highest BCUT2D eigenvalue weighted by Crippen LogP contribution is 2.30. The average Bonchev–Trinajstić information content (AvgIpc) is 2.69. The molecule has 0 fully saturated rings. The van der Waals surface area contributed by atoms with Gasteiger partial charge in [-0.1, -0.05) is 24.3 Å². The first-order chi connectivity index (χ1) is 14.0. The second-order valence-electron chi connectivity index (χ2n) is 7.73. The van der Waals surface area contributed by atoms with Gasteiger partial charge in [-0.2, -0.15) is 0 Å². The minimum Gasteiger partial charge on any atom is -0.423 e. The van der Waals surface area contributed by atoms with Crippen molar-refractivity contribution in [2.24, 2.45) is 0 Å². The Hall–Kier alpha value is -2.53. The van der Waals surface area contributed by atoms with Crippen LogP contribution in [0.3, 0.4) is 0 Å². The third-order valence-corrected chi connectivity index (χ3v) is 6.62. The number of hydrogen-bond acceptors (Lipinski definition) is 4. The van der Waals surface area contributed by atoms with Crippen LogP contribution in [0.1, 0.15) is 46.7 Å². The molecule has 4 nitrogen and oxygen atoms in total. The van der Waals surface area contributed by atoms with E-state index in [9.17, 15) is 9.59 Å².